The maximum atomic E-state index is 12.9. The lowest BCUT2D eigenvalue weighted by molar-refractivity contribution is -0.274. The highest BCUT2D eigenvalue weighted by atomic mass is 35.5. The van der Waals surface area contributed by atoms with Gasteiger partial charge in [0.25, 0.3) is 0 Å². The Balaban J connectivity index is 1.37. The molecule has 0 saturated heterocycles. The molecule has 0 bridgehead atoms. The number of hydrogen-bond acceptors (Lipinski definition) is 12. The molecule has 0 N–H and O–H groups in total. The summed E-state index contributed by atoms with van der Waals surface area (Å²) in [4.78, 5) is 39.1. The fourth-order valence-corrected chi connectivity index (χ4v) is 5.45. The van der Waals surface area contributed by atoms with Gasteiger partial charge in [0.1, 0.15) is 23.5 Å². The third kappa shape index (κ3) is 11.3. The number of fused-ring (bicyclic) bond motifs is 3. The van der Waals surface area contributed by atoms with Crippen molar-refractivity contribution < 1.29 is 54.9 Å². The minimum atomic E-state index is -4.90. The van der Waals surface area contributed by atoms with Crippen molar-refractivity contribution in [2.24, 2.45) is 0 Å². The first kappa shape index (κ1) is 39.3. The lowest BCUT2D eigenvalue weighted by Gasteiger charge is -2.27. The Morgan fingerprint density at radius 3 is 2.35 bits per heavy atom. The van der Waals surface area contributed by atoms with E-state index in [2.05, 4.69) is 19.7 Å². The van der Waals surface area contributed by atoms with E-state index in [0.29, 0.717) is 34.7 Å². The van der Waals surface area contributed by atoms with Gasteiger partial charge in [-0.3, -0.25) is 0 Å². The number of benzene rings is 2. The molecule has 1 amide bonds. The molecule has 0 unspecified atom stereocenters. The molecule has 51 heavy (non-hydrogen) atoms. The predicted octanol–water partition coefficient (Wildman–Crippen LogP) is 6.53. The van der Waals surface area contributed by atoms with Gasteiger partial charge in [-0.25, -0.2) is 33.0 Å². The van der Waals surface area contributed by atoms with Crippen LogP contribution in [-0.4, -0.2) is 92.0 Å². The van der Waals surface area contributed by atoms with Crippen LogP contribution in [-0.2, 0) is 30.6 Å². The average molecular weight is 757 g/mol. The molecule has 0 aliphatic carbocycles. The number of pyridine rings is 1. The number of carbonyl (C=O) groups is 2. The second-order valence-electron chi connectivity index (χ2n) is 12.2. The predicted molar refractivity (Wildman–Crippen MR) is 180 cm³/mol. The number of unbranched alkanes of at least 4 members (excludes halogenated alkanes) is 1. The van der Waals surface area contributed by atoms with Gasteiger partial charge in [0, 0.05) is 42.9 Å². The number of carbonyl (C=O) groups excluding carboxylic acids is 2. The zero-order valence-corrected chi connectivity index (χ0v) is 29.9. The van der Waals surface area contributed by atoms with Crippen LogP contribution in [0.25, 0.3) is 21.8 Å². The van der Waals surface area contributed by atoms with E-state index >= 15 is 0 Å². The van der Waals surface area contributed by atoms with Crippen molar-refractivity contribution in [3.05, 3.63) is 58.7 Å². The Bertz CT molecular complexity index is 2010. The second kappa shape index (κ2) is 16.2. The SMILES string of the molecule is COC(=O)c1ccc2c(c1)nc(OCCOCCCCN(Cc1ccc(OC(F)(F)F)c(Cl)c1)C(=O)OC(C)(C)C)c1nc(S(C)(=O)=O)ncc12. The minimum Gasteiger partial charge on any atom is -0.474 e. The van der Waals surface area contributed by atoms with E-state index in [1.807, 2.05) is 0 Å². The number of hydrogen-bond donors (Lipinski definition) is 0. The molecule has 0 fully saturated rings. The van der Waals surface area contributed by atoms with Crippen LogP contribution in [0.15, 0.2) is 47.8 Å². The van der Waals surface area contributed by atoms with Crippen molar-refractivity contribution in [2.45, 2.75) is 57.3 Å². The van der Waals surface area contributed by atoms with Crippen molar-refractivity contribution in [1.82, 2.24) is 19.9 Å². The molecule has 13 nitrogen and oxygen atoms in total. The van der Waals surface area contributed by atoms with Crippen molar-refractivity contribution in [3.8, 4) is 11.6 Å². The fourth-order valence-electron chi connectivity index (χ4n) is 4.70. The second-order valence-corrected chi connectivity index (χ2v) is 14.5. The molecular formula is C33H36ClF3N4O9S. The number of ether oxygens (including phenoxy) is 5. The highest BCUT2D eigenvalue weighted by Gasteiger charge is 2.32. The van der Waals surface area contributed by atoms with Gasteiger partial charge in [-0.15, -0.1) is 13.2 Å². The van der Waals surface area contributed by atoms with E-state index in [-0.39, 0.29) is 54.9 Å². The molecule has 0 aliphatic rings. The summed E-state index contributed by atoms with van der Waals surface area (Å²) in [5.41, 5.74) is 0.476. The van der Waals surface area contributed by atoms with Gasteiger partial charge in [0.05, 0.1) is 29.8 Å². The molecule has 18 heteroatoms. The van der Waals surface area contributed by atoms with Crippen LogP contribution in [0.2, 0.25) is 5.02 Å². The number of rotatable bonds is 14. The quantitative estimate of drug-likeness (QED) is 0.0594. The van der Waals surface area contributed by atoms with Crippen molar-refractivity contribution in [1.29, 1.82) is 0 Å². The Morgan fingerprint density at radius 2 is 1.71 bits per heavy atom. The van der Waals surface area contributed by atoms with Gasteiger partial charge in [0.2, 0.25) is 20.9 Å². The molecule has 4 rings (SSSR count). The number of halogens is 4. The Hall–Kier alpha value is -4.48. The fraction of sp³-hybridized carbons (Fsp3) is 0.424. The third-order valence-corrected chi connectivity index (χ3v) is 8.07. The first-order valence-electron chi connectivity index (χ1n) is 15.5. The summed E-state index contributed by atoms with van der Waals surface area (Å²) < 4.78 is 88.0. The van der Waals surface area contributed by atoms with Crippen LogP contribution in [0.5, 0.6) is 11.6 Å². The molecule has 4 aromatic rings. The summed E-state index contributed by atoms with van der Waals surface area (Å²) in [6.45, 7) is 5.83. The molecule has 0 spiro atoms. The molecule has 0 aliphatic heterocycles. The van der Waals surface area contributed by atoms with E-state index in [4.69, 9.17) is 30.5 Å². The molecular weight excluding hydrogens is 721 g/mol. The molecule has 2 aromatic carbocycles. The number of sulfone groups is 1. The van der Waals surface area contributed by atoms with Crippen LogP contribution in [0, 0.1) is 0 Å². The first-order valence-corrected chi connectivity index (χ1v) is 17.7. The van der Waals surface area contributed by atoms with E-state index in [0.717, 1.165) is 12.3 Å². The van der Waals surface area contributed by atoms with Crippen LogP contribution in [0.1, 0.15) is 49.5 Å². The molecule has 2 aromatic heterocycles. The maximum Gasteiger partial charge on any atom is 0.573 e. The first-order chi connectivity index (χ1) is 23.8. The topological polar surface area (TPSA) is 156 Å². The summed E-state index contributed by atoms with van der Waals surface area (Å²) in [7, 11) is -2.49. The van der Waals surface area contributed by atoms with Gasteiger partial charge < -0.3 is 28.6 Å². The van der Waals surface area contributed by atoms with Crippen LogP contribution in [0.3, 0.4) is 0 Å². The van der Waals surface area contributed by atoms with Gasteiger partial charge in [-0.1, -0.05) is 23.7 Å². The van der Waals surface area contributed by atoms with E-state index < -0.39 is 44.8 Å². The monoisotopic (exact) mass is 756 g/mol. The van der Waals surface area contributed by atoms with Crippen LogP contribution >= 0.6 is 11.6 Å². The molecule has 276 valence electrons. The van der Waals surface area contributed by atoms with Gasteiger partial charge in [-0.2, -0.15) is 0 Å². The summed E-state index contributed by atoms with van der Waals surface area (Å²) >= 11 is 6.00. The molecule has 0 atom stereocenters. The zero-order valence-electron chi connectivity index (χ0n) is 28.4. The molecule has 0 saturated carbocycles. The Labute approximate surface area is 296 Å². The minimum absolute atomic E-state index is 0.0152. The van der Waals surface area contributed by atoms with Crippen LogP contribution < -0.4 is 9.47 Å². The van der Waals surface area contributed by atoms with Gasteiger partial charge >= 0.3 is 18.4 Å². The van der Waals surface area contributed by atoms with Crippen molar-refractivity contribution >= 4 is 55.3 Å². The summed E-state index contributed by atoms with van der Waals surface area (Å²) in [6, 6.07) is 8.46. The number of nitrogens with zero attached hydrogens (tertiary/aromatic N) is 4. The summed E-state index contributed by atoms with van der Waals surface area (Å²) in [5, 5.41) is 0.365. The highest BCUT2D eigenvalue weighted by molar-refractivity contribution is 7.90. The van der Waals surface area contributed by atoms with Crippen molar-refractivity contribution in [3.63, 3.8) is 0 Å². The van der Waals surface area contributed by atoms with Gasteiger partial charge in [-0.05, 0) is 63.4 Å². The summed E-state index contributed by atoms with van der Waals surface area (Å²) in [6.07, 6.45) is -2.16. The van der Waals surface area contributed by atoms with E-state index in [1.165, 1.54) is 36.4 Å². The smallest absolute Gasteiger partial charge is 0.474 e. The lowest BCUT2D eigenvalue weighted by atomic mass is 10.1. The maximum absolute atomic E-state index is 12.9. The van der Waals surface area contributed by atoms with Crippen molar-refractivity contribution in [2.75, 3.05) is 39.7 Å². The van der Waals surface area contributed by atoms with Crippen LogP contribution in [0.4, 0.5) is 18.0 Å². The number of alkyl halides is 3. The normalized spacial score (nSPS) is 12.2. The summed E-state index contributed by atoms with van der Waals surface area (Å²) in [5.74, 6) is -1.10. The number of amides is 1. The average Bonchev–Trinajstić information content (AvgIpc) is 3.03. The zero-order chi connectivity index (χ0) is 37.6. The number of esters is 1. The molecule has 2 heterocycles. The van der Waals surface area contributed by atoms with E-state index in [1.54, 1.807) is 32.9 Å². The third-order valence-electron chi connectivity index (χ3n) is 6.91. The Morgan fingerprint density at radius 1 is 0.961 bits per heavy atom. The highest BCUT2D eigenvalue weighted by Crippen LogP contribution is 2.32. The standard InChI is InChI=1S/C33H36ClF3N4O9S/c1-32(2,3)50-31(43)41(19-20-8-11-26(24(34)16-20)49-33(35,36)37)12-6-7-13-47-14-15-48-28-27-23(18-38-30(40-27)51(5,44)45)22-10-9-21(29(42)46-4)17-25(22)39-28/h8-11,16-18H,6-7,12-15,19H2,1-5H3. The molecule has 0 radical (unpaired) electrons. The van der Waals surface area contributed by atoms with E-state index in [9.17, 15) is 31.2 Å². The lowest BCUT2D eigenvalue weighted by Crippen LogP contribution is -2.37. The number of methoxy groups -OCH3 is 1. The number of aromatic nitrogens is 3. The largest absolute Gasteiger partial charge is 0.573 e. The Kier molecular flexibility index (Phi) is 12.5. The van der Waals surface area contributed by atoms with Gasteiger partial charge in [0.15, 0.2) is 0 Å².